The van der Waals surface area contributed by atoms with Gasteiger partial charge in [-0.1, -0.05) is 43.3 Å². The molecule has 9 nitrogen and oxygen atoms in total. The first-order valence-electron chi connectivity index (χ1n) is 12.1. The Bertz CT molecular complexity index is 1710. The highest BCUT2D eigenvalue weighted by Crippen LogP contribution is 2.27. The van der Waals surface area contributed by atoms with E-state index in [1.165, 1.54) is 12.5 Å². The third kappa shape index (κ3) is 4.35. The summed E-state index contributed by atoms with van der Waals surface area (Å²) < 4.78 is 3.46. The van der Waals surface area contributed by atoms with Crippen LogP contribution < -0.4 is 16.6 Å². The maximum absolute atomic E-state index is 13.8. The predicted molar refractivity (Wildman–Crippen MR) is 148 cm³/mol. The van der Waals surface area contributed by atoms with Gasteiger partial charge in [-0.25, -0.2) is 14.6 Å². The van der Waals surface area contributed by atoms with Gasteiger partial charge in [0.25, 0.3) is 5.56 Å². The molecule has 37 heavy (non-hydrogen) atoms. The van der Waals surface area contributed by atoms with Crippen LogP contribution in [0.3, 0.4) is 0 Å². The summed E-state index contributed by atoms with van der Waals surface area (Å²) in [5, 5.41) is 18.1. The Hall–Kier alpha value is -4.79. The Labute approximate surface area is 213 Å². The maximum Gasteiger partial charge on any atom is 0.263 e. The fraction of sp³-hybridized carbons (Fsp3) is 0.179. The lowest BCUT2D eigenvalue weighted by molar-refractivity contribution is 0.667. The lowest BCUT2D eigenvalue weighted by Gasteiger charge is -2.17. The summed E-state index contributed by atoms with van der Waals surface area (Å²) in [7, 11) is 0. The monoisotopic (exact) mass is 492 g/mol. The summed E-state index contributed by atoms with van der Waals surface area (Å²) in [6.45, 7) is 5.08. The number of nitrogens with zero attached hydrogens (tertiary/aromatic N) is 5. The van der Waals surface area contributed by atoms with Gasteiger partial charge in [0.15, 0.2) is 5.65 Å². The Kier molecular flexibility index (Phi) is 6.51. The molecule has 0 atom stereocenters. The van der Waals surface area contributed by atoms with Crippen molar-refractivity contribution in [3.8, 4) is 5.69 Å². The molecule has 0 saturated carbocycles. The molecule has 0 amide bonds. The first-order chi connectivity index (χ1) is 18.0. The van der Waals surface area contributed by atoms with Crippen molar-refractivity contribution >= 4 is 39.4 Å². The molecule has 0 unspecified atom stereocenters. The minimum atomic E-state index is -0.0999. The molecule has 4 N–H and O–H groups in total. The Morgan fingerprint density at radius 3 is 2.70 bits per heavy atom. The number of allylic oxidation sites excluding steroid dienone is 1. The second-order valence-electron chi connectivity index (χ2n) is 8.81. The largest absolute Gasteiger partial charge is 0.390 e. The van der Waals surface area contributed by atoms with Crippen molar-refractivity contribution in [3.63, 3.8) is 0 Å². The summed E-state index contributed by atoms with van der Waals surface area (Å²) in [5.41, 5.74) is 10.3. The number of nitrogen functional groups attached to an aromatic ring is 1. The normalized spacial score (nSPS) is 11.8. The van der Waals surface area contributed by atoms with Crippen molar-refractivity contribution in [2.24, 2.45) is 0 Å². The molecule has 3 heterocycles. The molecule has 3 aromatic heterocycles. The van der Waals surface area contributed by atoms with Crippen LogP contribution in [0.15, 0.2) is 71.9 Å². The summed E-state index contributed by atoms with van der Waals surface area (Å²) in [5.74, 6) is 0.282. The van der Waals surface area contributed by atoms with E-state index in [1.807, 2.05) is 61.5 Å². The average molecular weight is 493 g/mol. The highest BCUT2D eigenvalue weighted by atomic mass is 16.1. The summed E-state index contributed by atoms with van der Waals surface area (Å²) >= 11 is 0. The molecule has 5 aromatic rings. The van der Waals surface area contributed by atoms with Gasteiger partial charge in [0, 0.05) is 35.6 Å². The zero-order valence-corrected chi connectivity index (χ0v) is 20.8. The van der Waals surface area contributed by atoms with Crippen molar-refractivity contribution in [1.29, 1.82) is 5.41 Å². The van der Waals surface area contributed by atoms with Crippen molar-refractivity contribution < 1.29 is 0 Å². The molecule has 0 fully saturated rings. The number of pyridine rings is 1. The molecule has 9 heteroatoms. The average Bonchev–Trinajstić information content (AvgIpc) is 3.27. The zero-order chi connectivity index (χ0) is 25.9. The zero-order valence-electron chi connectivity index (χ0n) is 20.8. The van der Waals surface area contributed by atoms with E-state index in [0.717, 1.165) is 35.3 Å². The Balaban J connectivity index is 1.74. The number of hydrogen-bond donors (Lipinski definition) is 3. The van der Waals surface area contributed by atoms with Crippen LogP contribution in [0, 0.1) is 12.3 Å². The summed E-state index contributed by atoms with van der Waals surface area (Å²) in [6, 6.07) is 17.4. The number of benzene rings is 2. The molecule has 0 saturated heterocycles. The predicted octanol–water partition coefficient (Wildman–Crippen LogP) is 4.06. The second-order valence-corrected chi connectivity index (χ2v) is 8.81. The van der Waals surface area contributed by atoms with Gasteiger partial charge in [-0.05, 0) is 42.5 Å². The number of aryl methyl sites for hydroxylation is 1. The third-order valence-corrected chi connectivity index (χ3v) is 6.31. The van der Waals surface area contributed by atoms with Crippen molar-refractivity contribution in [2.75, 3.05) is 12.3 Å². The summed E-state index contributed by atoms with van der Waals surface area (Å²) in [4.78, 5) is 22.4. The van der Waals surface area contributed by atoms with E-state index in [-0.39, 0.29) is 17.9 Å². The minimum absolute atomic E-state index is 0.0999. The first kappa shape index (κ1) is 23.9. The van der Waals surface area contributed by atoms with E-state index in [4.69, 9.17) is 16.2 Å². The van der Waals surface area contributed by atoms with Crippen LogP contribution in [0.25, 0.3) is 33.1 Å². The van der Waals surface area contributed by atoms with Gasteiger partial charge in [0.1, 0.15) is 17.8 Å². The number of nitrogens with two attached hydrogens (primary N) is 1. The molecule has 0 radical (unpaired) electrons. The Morgan fingerprint density at radius 1 is 1.14 bits per heavy atom. The van der Waals surface area contributed by atoms with Crippen molar-refractivity contribution in [1.82, 2.24) is 29.6 Å². The van der Waals surface area contributed by atoms with Crippen LogP contribution in [-0.2, 0) is 6.54 Å². The van der Waals surface area contributed by atoms with Gasteiger partial charge in [-0.2, -0.15) is 5.10 Å². The minimum Gasteiger partial charge on any atom is -0.390 e. The number of rotatable bonds is 8. The van der Waals surface area contributed by atoms with Crippen LogP contribution in [-0.4, -0.2) is 37.1 Å². The van der Waals surface area contributed by atoms with Gasteiger partial charge >= 0.3 is 0 Å². The van der Waals surface area contributed by atoms with E-state index in [0.29, 0.717) is 27.7 Å². The molecule has 0 aliphatic carbocycles. The molecular weight excluding hydrogens is 464 g/mol. The lowest BCUT2D eigenvalue weighted by Crippen LogP contribution is -2.24. The molecule has 0 spiro atoms. The van der Waals surface area contributed by atoms with Crippen molar-refractivity contribution in [3.05, 3.63) is 94.4 Å². The van der Waals surface area contributed by atoms with Crippen LogP contribution in [0.1, 0.15) is 30.3 Å². The molecule has 0 aliphatic heterocycles. The van der Waals surface area contributed by atoms with E-state index >= 15 is 0 Å². The fourth-order valence-corrected chi connectivity index (χ4v) is 4.51. The number of anilines is 1. The molecule has 186 valence electrons. The second kappa shape index (κ2) is 10.1. The number of fused-ring (bicyclic) bond motifs is 2. The highest BCUT2D eigenvalue weighted by molar-refractivity contribution is 6.13. The van der Waals surface area contributed by atoms with Crippen LogP contribution in [0.5, 0.6) is 0 Å². The molecule has 0 bridgehead atoms. The highest BCUT2D eigenvalue weighted by Gasteiger charge is 2.20. The molecule has 0 aliphatic rings. The SMILES string of the molecule is CCCN/C=C(\C=N)c1nn(Cc2cc3ccccc3c(=O)n2-c2ccccc2C)c2ncnc(N)c12. The van der Waals surface area contributed by atoms with Crippen LogP contribution in [0.4, 0.5) is 5.82 Å². The van der Waals surface area contributed by atoms with Gasteiger partial charge in [-0.15, -0.1) is 0 Å². The maximum atomic E-state index is 13.8. The number of hydrogen-bond acceptors (Lipinski definition) is 7. The van der Waals surface area contributed by atoms with E-state index < -0.39 is 0 Å². The smallest absolute Gasteiger partial charge is 0.263 e. The third-order valence-electron chi connectivity index (χ3n) is 6.31. The van der Waals surface area contributed by atoms with E-state index in [2.05, 4.69) is 22.2 Å². The van der Waals surface area contributed by atoms with Gasteiger partial charge in [0.05, 0.1) is 17.6 Å². The van der Waals surface area contributed by atoms with Crippen molar-refractivity contribution in [2.45, 2.75) is 26.8 Å². The molecule has 2 aromatic carbocycles. The van der Waals surface area contributed by atoms with E-state index in [1.54, 1.807) is 15.4 Å². The molecule has 5 rings (SSSR count). The van der Waals surface area contributed by atoms with Crippen LogP contribution in [0.2, 0.25) is 0 Å². The lowest BCUT2D eigenvalue weighted by atomic mass is 10.1. The van der Waals surface area contributed by atoms with Gasteiger partial charge in [0.2, 0.25) is 0 Å². The topological polar surface area (TPSA) is 128 Å². The van der Waals surface area contributed by atoms with E-state index in [9.17, 15) is 4.79 Å². The number of aromatic nitrogens is 5. The Morgan fingerprint density at radius 2 is 1.92 bits per heavy atom. The quantitative estimate of drug-likeness (QED) is 0.221. The van der Waals surface area contributed by atoms with Crippen LogP contribution >= 0.6 is 0 Å². The first-order valence-corrected chi connectivity index (χ1v) is 12.1. The van der Waals surface area contributed by atoms with Gasteiger partial charge in [-0.3, -0.25) is 9.36 Å². The number of nitrogens with one attached hydrogen (secondary N) is 2. The number of para-hydroxylation sites is 1. The summed E-state index contributed by atoms with van der Waals surface area (Å²) in [6.07, 6.45) is 5.34. The standard InChI is InChI=1S/C28H28N8O/c1-3-12-31-15-20(14-29)25-24-26(30)32-17-33-27(24)35(34-25)16-21-13-19-9-5-6-10-22(19)28(37)36(21)23-11-7-4-8-18(23)2/h4-11,13-15,17,29,31H,3,12,16H2,1-2H3,(H2,30,32,33)/b20-15+,29-14?. The fourth-order valence-electron chi connectivity index (χ4n) is 4.51. The molecular formula is C28H28N8O. The van der Waals surface area contributed by atoms with Gasteiger partial charge < -0.3 is 16.5 Å².